The van der Waals surface area contributed by atoms with Crippen LogP contribution in [0.15, 0.2) is 11.5 Å². The van der Waals surface area contributed by atoms with Crippen LogP contribution in [0.3, 0.4) is 0 Å². The molecule has 0 radical (unpaired) electrons. The van der Waals surface area contributed by atoms with E-state index in [4.69, 9.17) is 23.9 Å². The number of carboxylic acid groups (broad SMARTS) is 1. The molecule has 8 atom stereocenters. The number of carbonyl (C=O) groups is 2. The molecule has 8 N–H and O–H groups in total. The highest BCUT2D eigenvalue weighted by atomic mass is 32.3. The molecule has 17 heteroatoms. The first-order chi connectivity index (χ1) is 14.3. The molecular formula is C14H21NO15S. The maximum atomic E-state index is 11.3. The van der Waals surface area contributed by atoms with E-state index in [9.17, 15) is 43.5 Å². The molecule has 31 heavy (non-hydrogen) atoms. The summed E-state index contributed by atoms with van der Waals surface area (Å²) < 4.78 is 50.5. The molecule has 1 fully saturated rings. The maximum absolute atomic E-state index is 11.3. The highest BCUT2D eigenvalue weighted by Gasteiger charge is 2.51. The van der Waals surface area contributed by atoms with Crippen LogP contribution in [-0.2, 0) is 38.4 Å². The second-order valence-electron chi connectivity index (χ2n) is 6.50. The van der Waals surface area contributed by atoms with E-state index in [-0.39, 0.29) is 0 Å². The monoisotopic (exact) mass is 475 g/mol. The van der Waals surface area contributed by atoms with Crippen molar-refractivity contribution in [2.45, 2.75) is 56.1 Å². The Hall–Kier alpha value is -2.09. The van der Waals surface area contributed by atoms with E-state index < -0.39 is 89.5 Å². The molecule has 2 aliphatic rings. The summed E-state index contributed by atoms with van der Waals surface area (Å²) in [6, 6.07) is -1.51. The molecule has 1 unspecified atom stereocenters. The molecule has 0 aromatic rings. The Labute approximate surface area is 174 Å². The SMILES string of the molecule is CC(=O)N[C@H]1C(O)O[C@H](CO)[C@@H](O[C@@H]2OC(C(=O)O)=C(O)[C@H](O)[C@H]2OS(=O)(=O)O)[C@@H]1O. The molecule has 0 saturated carbocycles. The molecule has 0 spiro atoms. The first-order valence-corrected chi connectivity index (χ1v) is 9.85. The van der Waals surface area contributed by atoms with Gasteiger partial charge in [0.15, 0.2) is 18.2 Å². The van der Waals surface area contributed by atoms with Gasteiger partial charge in [0, 0.05) is 6.92 Å². The van der Waals surface area contributed by atoms with Gasteiger partial charge in [-0.15, -0.1) is 0 Å². The van der Waals surface area contributed by atoms with Crippen molar-refractivity contribution < 1.29 is 71.6 Å². The van der Waals surface area contributed by atoms with Crippen LogP contribution in [0, 0.1) is 0 Å². The van der Waals surface area contributed by atoms with Crippen LogP contribution in [0.25, 0.3) is 0 Å². The van der Waals surface area contributed by atoms with Crippen molar-refractivity contribution in [2.24, 2.45) is 0 Å². The minimum absolute atomic E-state index is 0.703. The van der Waals surface area contributed by atoms with Crippen molar-refractivity contribution in [3.05, 3.63) is 11.5 Å². The number of ether oxygens (including phenoxy) is 3. The normalized spacial score (nSPS) is 36.6. The first kappa shape index (κ1) is 25.2. The Morgan fingerprint density at radius 3 is 2.29 bits per heavy atom. The van der Waals surface area contributed by atoms with E-state index in [1.807, 2.05) is 0 Å². The Morgan fingerprint density at radius 1 is 1.19 bits per heavy atom. The largest absolute Gasteiger partial charge is 0.506 e. The summed E-state index contributed by atoms with van der Waals surface area (Å²) in [7, 11) is -5.30. The summed E-state index contributed by atoms with van der Waals surface area (Å²) in [5.74, 6) is -5.23. The van der Waals surface area contributed by atoms with Gasteiger partial charge in [-0.3, -0.25) is 9.35 Å². The van der Waals surface area contributed by atoms with Crippen LogP contribution in [0.1, 0.15) is 6.92 Å². The number of aliphatic hydroxyl groups excluding tert-OH is 5. The average Bonchev–Trinajstić information content (AvgIpc) is 2.64. The number of amides is 1. The van der Waals surface area contributed by atoms with Crippen LogP contribution in [0.5, 0.6) is 0 Å². The Kier molecular flexibility index (Phi) is 7.79. The van der Waals surface area contributed by atoms with Gasteiger partial charge in [0.25, 0.3) is 0 Å². The van der Waals surface area contributed by atoms with Crippen molar-refractivity contribution in [2.75, 3.05) is 6.61 Å². The zero-order valence-electron chi connectivity index (χ0n) is 15.6. The lowest BCUT2D eigenvalue weighted by Crippen LogP contribution is -2.66. The van der Waals surface area contributed by atoms with E-state index in [0.717, 1.165) is 6.92 Å². The van der Waals surface area contributed by atoms with Crippen LogP contribution in [0.4, 0.5) is 0 Å². The standard InChI is InChI=1S/C14H21NO15S/c1-3(17)15-5-6(18)9(4(2-16)27-13(5)23)28-14-11(30-31(24,25)26)8(20)7(19)10(29-14)12(21)22/h4-6,8-9,11,13-14,16,18-20,23H,2H2,1H3,(H,15,17)(H,21,22)(H,24,25,26)/t4-,5-,6-,8+,9-,11-,13?,14-/m1/s1. The number of aliphatic hydroxyl groups is 5. The summed E-state index contributed by atoms with van der Waals surface area (Å²) in [5.41, 5.74) is 0. The van der Waals surface area contributed by atoms with Gasteiger partial charge < -0.3 is 50.2 Å². The third-order valence-corrected chi connectivity index (χ3v) is 4.75. The van der Waals surface area contributed by atoms with Gasteiger partial charge in [-0.2, -0.15) is 8.42 Å². The Bertz CT molecular complexity index is 828. The van der Waals surface area contributed by atoms with Gasteiger partial charge >= 0.3 is 16.4 Å². The number of carbonyl (C=O) groups excluding carboxylic acids is 1. The van der Waals surface area contributed by atoms with E-state index >= 15 is 0 Å². The molecule has 16 nitrogen and oxygen atoms in total. The van der Waals surface area contributed by atoms with Gasteiger partial charge in [-0.1, -0.05) is 0 Å². The van der Waals surface area contributed by atoms with Crippen molar-refractivity contribution in [1.82, 2.24) is 5.32 Å². The molecule has 1 saturated heterocycles. The topological polar surface area (TPSA) is 259 Å². The van der Waals surface area contributed by atoms with Crippen molar-refractivity contribution in [1.29, 1.82) is 0 Å². The molecule has 2 heterocycles. The summed E-state index contributed by atoms with van der Waals surface area (Å²) in [5, 5.41) is 60.9. The van der Waals surface area contributed by atoms with Gasteiger partial charge in [-0.25, -0.2) is 8.98 Å². The van der Waals surface area contributed by atoms with Crippen LogP contribution >= 0.6 is 0 Å². The number of hydrogen-bond donors (Lipinski definition) is 8. The summed E-state index contributed by atoms with van der Waals surface area (Å²) in [6.45, 7) is 0.161. The molecule has 0 aromatic carbocycles. The van der Waals surface area contributed by atoms with Crippen molar-refractivity contribution in [3.63, 3.8) is 0 Å². The van der Waals surface area contributed by atoms with E-state index in [1.54, 1.807) is 0 Å². The predicted octanol–water partition coefficient (Wildman–Crippen LogP) is -4.29. The molecule has 2 aliphatic heterocycles. The fraction of sp³-hybridized carbons (Fsp3) is 0.714. The van der Waals surface area contributed by atoms with Gasteiger partial charge in [0.2, 0.25) is 18.0 Å². The lowest BCUT2D eigenvalue weighted by molar-refractivity contribution is -0.307. The predicted molar refractivity (Wildman–Crippen MR) is 91.0 cm³/mol. The lowest BCUT2D eigenvalue weighted by atomic mass is 9.96. The van der Waals surface area contributed by atoms with Crippen LogP contribution in [0.2, 0.25) is 0 Å². The summed E-state index contributed by atoms with van der Waals surface area (Å²) in [6.07, 6.45) is -13.8. The van der Waals surface area contributed by atoms with Gasteiger partial charge in [0.1, 0.15) is 30.5 Å². The number of carboxylic acids is 1. The smallest absolute Gasteiger partial charge is 0.397 e. The number of hydrogen-bond acceptors (Lipinski definition) is 13. The molecule has 2 rings (SSSR count). The molecule has 0 bridgehead atoms. The minimum Gasteiger partial charge on any atom is -0.506 e. The van der Waals surface area contributed by atoms with Crippen LogP contribution < -0.4 is 5.32 Å². The highest BCUT2D eigenvalue weighted by molar-refractivity contribution is 7.80. The van der Waals surface area contributed by atoms with E-state index in [1.165, 1.54) is 0 Å². The minimum atomic E-state index is -5.30. The second kappa shape index (κ2) is 9.59. The van der Waals surface area contributed by atoms with Gasteiger partial charge in [0.05, 0.1) is 6.61 Å². The summed E-state index contributed by atoms with van der Waals surface area (Å²) in [4.78, 5) is 22.5. The van der Waals surface area contributed by atoms with Crippen molar-refractivity contribution in [3.8, 4) is 0 Å². The highest BCUT2D eigenvalue weighted by Crippen LogP contribution is 2.31. The zero-order valence-corrected chi connectivity index (χ0v) is 16.4. The zero-order chi connectivity index (χ0) is 23.7. The quantitative estimate of drug-likeness (QED) is 0.162. The molecule has 0 aromatic heterocycles. The second-order valence-corrected chi connectivity index (χ2v) is 7.55. The van der Waals surface area contributed by atoms with Gasteiger partial charge in [-0.05, 0) is 0 Å². The van der Waals surface area contributed by atoms with E-state index in [2.05, 4.69) is 9.50 Å². The molecule has 1 amide bonds. The molecular weight excluding hydrogens is 454 g/mol. The first-order valence-electron chi connectivity index (χ1n) is 8.48. The molecule has 0 aliphatic carbocycles. The summed E-state index contributed by atoms with van der Waals surface area (Å²) >= 11 is 0. The van der Waals surface area contributed by atoms with Crippen LogP contribution in [-0.4, -0.2) is 111 Å². The lowest BCUT2D eigenvalue weighted by Gasteiger charge is -2.44. The number of nitrogens with one attached hydrogen (secondary N) is 1. The third kappa shape index (κ3) is 5.79. The number of rotatable bonds is 7. The maximum Gasteiger partial charge on any atom is 0.397 e. The Balaban J connectivity index is 2.39. The fourth-order valence-corrected chi connectivity index (χ4v) is 3.46. The molecule has 178 valence electrons. The Morgan fingerprint density at radius 2 is 1.81 bits per heavy atom. The number of aliphatic carboxylic acids is 1. The third-order valence-electron chi connectivity index (χ3n) is 4.29. The fourth-order valence-electron chi connectivity index (χ4n) is 2.98. The van der Waals surface area contributed by atoms with E-state index in [0.29, 0.717) is 0 Å². The average molecular weight is 475 g/mol. The van der Waals surface area contributed by atoms with Crippen molar-refractivity contribution >= 4 is 22.3 Å².